The van der Waals surface area contributed by atoms with E-state index in [1.54, 1.807) is 6.20 Å². The van der Waals surface area contributed by atoms with E-state index in [0.29, 0.717) is 18.9 Å². The van der Waals surface area contributed by atoms with Gasteiger partial charge in [-0.1, -0.05) is 0 Å². The second kappa shape index (κ2) is 6.68. The monoisotopic (exact) mass is 266 g/mol. The van der Waals surface area contributed by atoms with E-state index in [0.717, 1.165) is 32.5 Å². The molecule has 19 heavy (non-hydrogen) atoms. The minimum atomic E-state index is -0.233. The molecule has 1 saturated heterocycles. The second-order valence-electron chi connectivity index (χ2n) is 5.04. The Morgan fingerprint density at radius 3 is 2.79 bits per heavy atom. The molecule has 2 heterocycles. The lowest BCUT2D eigenvalue weighted by Gasteiger charge is -2.31. The quantitative estimate of drug-likeness (QED) is 0.755. The molecule has 2 rings (SSSR count). The smallest absolute Gasteiger partial charge is 0.218 e. The molecule has 0 atom stereocenters. The Hall–Kier alpha value is -1.40. The third-order valence-electron chi connectivity index (χ3n) is 3.74. The normalized spacial score (nSPS) is 17.7. The van der Waals surface area contributed by atoms with Crippen molar-refractivity contribution in [2.24, 2.45) is 5.73 Å². The van der Waals surface area contributed by atoms with E-state index >= 15 is 0 Å². The predicted molar refractivity (Wildman–Crippen MR) is 71.5 cm³/mol. The third kappa shape index (κ3) is 3.78. The van der Waals surface area contributed by atoms with Crippen LogP contribution in [0, 0.1) is 0 Å². The summed E-state index contributed by atoms with van der Waals surface area (Å²) in [7, 11) is 0. The number of rotatable bonds is 6. The van der Waals surface area contributed by atoms with Gasteiger partial charge in [-0.05, 0) is 32.0 Å². The highest BCUT2D eigenvalue weighted by Crippen LogP contribution is 2.27. The van der Waals surface area contributed by atoms with Gasteiger partial charge in [-0.25, -0.2) is 0 Å². The maximum absolute atomic E-state index is 10.8. The molecule has 1 aromatic heterocycles. The van der Waals surface area contributed by atoms with Crippen molar-refractivity contribution in [3.8, 4) is 0 Å². The zero-order valence-electron chi connectivity index (χ0n) is 11.2. The molecule has 106 valence electrons. The number of aromatic nitrogens is 2. The van der Waals surface area contributed by atoms with Crippen LogP contribution in [-0.4, -0.2) is 51.9 Å². The molecular weight excluding hydrogens is 244 g/mol. The number of nitrogens with two attached hydrogens (primary N) is 1. The van der Waals surface area contributed by atoms with Gasteiger partial charge in [0.05, 0.1) is 13.2 Å². The zero-order chi connectivity index (χ0) is 13.7. The van der Waals surface area contributed by atoms with Gasteiger partial charge in [0.1, 0.15) is 0 Å². The van der Waals surface area contributed by atoms with Crippen molar-refractivity contribution in [2.45, 2.75) is 31.7 Å². The number of carbonyl (C=O) groups is 1. The fourth-order valence-electron chi connectivity index (χ4n) is 2.69. The number of primary amides is 1. The van der Waals surface area contributed by atoms with Crippen LogP contribution in [0.2, 0.25) is 0 Å². The molecule has 0 aromatic carbocycles. The van der Waals surface area contributed by atoms with Crippen molar-refractivity contribution in [3.63, 3.8) is 0 Å². The summed E-state index contributed by atoms with van der Waals surface area (Å²) in [5, 5.41) is 13.3. The molecule has 1 amide bonds. The molecule has 6 heteroatoms. The highest BCUT2D eigenvalue weighted by atomic mass is 16.3. The van der Waals surface area contributed by atoms with Crippen molar-refractivity contribution in [3.05, 3.63) is 18.0 Å². The largest absolute Gasteiger partial charge is 0.394 e. The van der Waals surface area contributed by atoms with E-state index in [1.807, 2.05) is 10.7 Å². The van der Waals surface area contributed by atoms with Gasteiger partial charge < -0.3 is 15.7 Å². The molecule has 0 saturated carbocycles. The molecule has 1 fully saturated rings. The minimum absolute atomic E-state index is 0.117. The number of nitrogens with zero attached hydrogens (tertiary/aromatic N) is 3. The van der Waals surface area contributed by atoms with Crippen LogP contribution < -0.4 is 5.73 Å². The van der Waals surface area contributed by atoms with Crippen molar-refractivity contribution in [1.29, 1.82) is 0 Å². The van der Waals surface area contributed by atoms with E-state index in [1.165, 1.54) is 5.69 Å². The molecule has 0 radical (unpaired) electrons. The van der Waals surface area contributed by atoms with Crippen LogP contribution in [0.5, 0.6) is 0 Å². The molecule has 0 spiro atoms. The number of piperidine rings is 1. The van der Waals surface area contributed by atoms with E-state index in [4.69, 9.17) is 10.8 Å². The van der Waals surface area contributed by atoms with Crippen LogP contribution in [0.4, 0.5) is 0 Å². The number of amides is 1. The van der Waals surface area contributed by atoms with E-state index < -0.39 is 0 Å². The van der Waals surface area contributed by atoms with Gasteiger partial charge in [0.2, 0.25) is 5.91 Å². The van der Waals surface area contributed by atoms with Crippen molar-refractivity contribution in [1.82, 2.24) is 14.7 Å². The fourth-order valence-corrected chi connectivity index (χ4v) is 2.69. The van der Waals surface area contributed by atoms with Crippen LogP contribution in [0.1, 0.15) is 30.9 Å². The Bertz CT molecular complexity index is 411. The summed E-state index contributed by atoms with van der Waals surface area (Å²) in [5.74, 6) is 0.266. The average molecular weight is 266 g/mol. The molecule has 3 N–H and O–H groups in total. The van der Waals surface area contributed by atoms with E-state index in [2.05, 4.69) is 10.00 Å². The third-order valence-corrected chi connectivity index (χ3v) is 3.74. The first-order valence-corrected chi connectivity index (χ1v) is 6.84. The number of hydrogen-bond donors (Lipinski definition) is 2. The Labute approximate surface area is 113 Å². The predicted octanol–water partition coefficient (Wildman–Crippen LogP) is -0.0698. The maximum Gasteiger partial charge on any atom is 0.218 e. The minimum Gasteiger partial charge on any atom is -0.394 e. The summed E-state index contributed by atoms with van der Waals surface area (Å²) >= 11 is 0. The average Bonchev–Trinajstić information content (AvgIpc) is 2.86. The van der Waals surface area contributed by atoms with Crippen molar-refractivity contribution < 1.29 is 9.90 Å². The van der Waals surface area contributed by atoms with E-state index in [9.17, 15) is 4.79 Å². The van der Waals surface area contributed by atoms with Gasteiger partial charge in [-0.15, -0.1) is 0 Å². The van der Waals surface area contributed by atoms with Crippen LogP contribution in [0.15, 0.2) is 12.3 Å². The number of carbonyl (C=O) groups excluding carboxylic acids is 1. The first-order valence-electron chi connectivity index (χ1n) is 6.84. The van der Waals surface area contributed by atoms with Crippen LogP contribution in [0.3, 0.4) is 0 Å². The number of hydrogen-bond acceptors (Lipinski definition) is 4. The molecule has 0 aliphatic carbocycles. The summed E-state index contributed by atoms with van der Waals surface area (Å²) in [5.41, 5.74) is 6.38. The summed E-state index contributed by atoms with van der Waals surface area (Å²) in [6, 6.07) is 2.04. The van der Waals surface area contributed by atoms with E-state index in [-0.39, 0.29) is 12.5 Å². The topological polar surface area (TPSA) is 84.4 Å². The lowest BCUT2D eigenvalue weighted by Crippen LogP contribution is -2.35. The molecule has 0 unspecified atom stereocenters. The fraction of sp³-hybridized carbons (Fsp3) is 0.692. The summed E-state index contributed by atoms with van der Waals surface area (Å²) in [6.07, 6.45) is 4.36. The zero-order valence-corrected chi connectivity index (χ0v) is 11.2. The van der Waals surface area contributed by atoms with Gasteiger partial charge in [0.15, 0.2) is 0 Å². The molecule has 0 bridgehead atoms. The Kier molecular flexibility index (Phi) is 4.93. The molecule has 1 aliphatic rings. The van der Waals surface area contributed by atoms with Crippen LogP contribution in [0.25, 0.3) is 0 Å². The second-order valence-corrected chi connectivity index (χ2v) is 5.04. The van der Waals surface area contributed by atoms with Gasteiger partial charge in [-0.2, -0.15) is 5.10 Å². The first-order chi connectivity index (χ1) is 9.20. The molecular formula is C13H22N4O2. The Morgan fingerprint density at radius 2 is 2.16 bits per heavy atom. The lowest BCUT2D eigenvalue weighted by atomic mass is 9.93. The first kappa shape index (κ1) is 14.0. The van der Waals surface area contributed by atoms with Crippen LogP contribution in [-0.2, 0) is 11.3 Å². The highest BCUT2D eigenvalue weighted by Gasteiger charge is 2.23. The summed E-state index contributed by atoms with van der Waals surface area (Å²) in [6.45, 7) is 3.42. The molecule has 6 nitrogen and oxygen atoms in total. The molecule has 1 aliphatic heterocycles. The van der Waals surface area contributed by atoms with Gasteiger partial charge in [0.25, 0.3) is 0 Å². The Balaban J connectivity index is 1.85. The van der Waals surface area contributed by atoms with Crippen LogP contribution >= 0.6 is 0 Å². The standard InChI is InChI=1S/C13H22N4O2/c14-13(19)4-8-16-6-2-11(3-7-16)12-1-5-15-17(12)9-10-18/h1,5,11,18H,2-4,6-10H2,(H2,14,19). The maximum atomic E-state index is 10.8. The van der Waals surface area contributed by atoms with Gasteiger partial charge in [-0.3, -0.25) is 9.48 Å². The van der Waals surface area contributed by atoms with Crippen molar-refractivity contribution in [2.75, 3.05) is 26.2 Å². The SMILES string of the molecule is NC(=O)CCN1CCC(c2ccnn2CCO)CC1. The van der Waals surface area contributed by atoms with Crippen molar-refractivity contribution >= 4 is 5.91 Å². The highest BCUT2D eigenvalue weighted by molar-refractivity contribution is 5.73. The van der Waals surface area contributed by atoms with Gasteiger partial charge >= 0.3 is 0 Å². The Morgan fingerprint density at radius 1 is 1.42 bits per heavy atom. The number of likely N-dealkylation sites (tertiary alicyclic amines) is 1. The molecule has 1 aromatic rings. The summed E-state index contributed by atoms with van der Waals surface area (Å²) in [4.78, 5) is 13.1. The number of aliphatic hydroxyl groups is 1. The summed E-state index contributed by atoms with van der Waals surface area (Å²) < 4.78 is 1.89. The number of aliphatic hydroxyl groups excluding tert-OH is 1. The van der Waals surface area contributed by atoms with Gasteiger partial charge in [0, 0.05) is 30.8 Å². The lowest BCUT2D eigenvalue weighted by molar-refractivity contribution is -0.118.